The van der Waals surface area contributed by atoms with Crippen molar-refractivity contribution in [2.24, 2.45) is 0 Å². The molecule has 0 spiro atoms. The molecule has 1 rings (SSSR count). The second-order valence-corrected chi connectivity index (χ2v) is 4.48. The summed E-state index contributed by atoms with van der Waals surface area (Å²) in [7, 11) is 1.63. The Hall–Kier alpha value is -0.260. The number of hydrogen-bond acceptors (Lipinski definition) is 3. The lowest BCUT2D eigenvalue weighted by Gasteiger charge is -2.10. The van der Waals surface area contributed by atoms with Crippen molar-refractivity contribution >= 4 is 28.1 Å². The van der Waals surface area contributed by atoms with Crippen LogP contribution in [0.15, 0.2) is 4.47 Å². The summed E-state index contributed by atoms with van der Waals surface area (Å²) in [6, 6.07) is 0. The van der Waals surface area contributed by atoms with Crippen molar-refractivity contribution in [2.45, 2.75) is 26.4 Å². The number of hydrogen-bond donors (Lipinski definition) is 1. The number of rotatable bonds is 3. The van der Waals surface area contributed by atoms with Gasteiger partial charge < -0.3 is 9.72 Å². The second kappa shape index (κ2) is 5.00. The number of H-pyrrole nitrogens is 1. The zero-order valence-electron chi connectivity index (χ0n) is 8.43. The van der Waals surface area contributed by atoms with Crippen molar-refractivity contribution in [1.82, 2.24) is 9.97 Å². The molecule has 0 atom stereocenters. The van der Waals surface area contributed by atoms with E-state index in [1.807, 2.05) is 0 Å². The molecule has 0 aromatic carbocycles. The molecule has 1 heterocycles. The molecule has 1 aromatic heterocycles. The van der Waals surface area contributed by atoms with E-state index in [9.17, 15) is 0 Å². The third kappa shape index (κ3) is 2.62. The monoisotopic (exact) mass is 276 g/mol. The molecule has 0 unspecified atom stereocenters. The van der Waals surface area contributed by atoms with Crippen molar-refractivity contribution in [2.75, 3.05) is 7.11 Å². The van der Waals surface area contributed by atoms with Crippen molar-refractivity contribution in [3.8, 4) is 0 Å². The molecule has 0 radical (unpaired) electrons. The van der Waals surface area contributed by atoms with Crippen molar-refractivity contribution in [3.05, 3.63) is 20.6 Å². The van der Waals surface area contributed by atoms with Gasteiger partial charge in [-0.1, -0.05) is 26.1 Å². The van der Waals surface area contributed by atoms with Crippen LogP contribution in [0.5, 0.6) is 0 Å². The Bertz CT molecular complexity index is 376. The molecule has 5 heteroatoms. The first kappa shape index (κ1) is 11.8. The van der Waals surface area contributed by atoms with Gasteiger partial charge in [-0.25, -0.2) is 4.98 Å². The SMILES string of the molecule is COCc1nc(=S)c(Br)c(C(C)C)[nH]1. The minimum absolute atomic E-state index is 0.379. The predicted octanol–water partition coefficient (Wildman–Crippen LogP) is 3.17. The molecule has 0 bridgehead atoms. The van der Waals surface area contributed by atoms with Gasteiger partial charge >= 0.3 is 0 Å². The van der Waals surface area contributed by atoms with Gasteiger partial charge in [0.25, 0.3) is 0 Å². The van der Waals surface area contributed by atoms with E-state index in [0.29, 0.717) is 17.2 Å². The molecule has 0 saturated heterocycles. The van der Waals surface area contributed by atoms with Gasteiger partial charge in [-0.2, -0.15) is 0 Å². The highest BCUT2D eigenvalue weighted by Gasteiger charge is 2.09. The smallest absolute Gasteiger partial charge is 0.144 e. The number of ether oxygens (including phenoxy) is 1. The molecule has 14 heavy (non-hydrogen) atoms. The van der Waals surface area contributed by atoms with Gasteiger partial charge in [0.1, 0.15) is 17.1 Å². The number of halogens is 1. The Morgan fingerprint density at radius 3 is 2.71 bits per heavy atom. The van der Waals surface area contributed by atoms with E-state index in [1.165, 1.54) is 0 Å². The fourth-order valence-corrected chi connectivity index (χ4v) is 1.99. The van der Waals surface area contributed by atoms with Gasteiger partial charge in [0, 0.05) is 12.8 Å². The first-order valence-corrected chi connectivity index (χ1v) is 5.54. The Morgan fingerprint density at radius 1 is 1.57 bits per heavy atom. The van der Waals surface area contributed by atoms with Crippen LogP contribution in [-0.2, 0) is 11.3 Å². The quantitative estimate of drug-likeness (QED) is 0.862. The Morgan fingerprint density at radius 2 is 2.21 bits per heavy atom. The molecule has 0 aliphatic heterocycles. The molecular weight excluding hydrogens is 264 g/mol. The zero-order chi connectivity index (χ0) is 10.7. The first-order chi connectivity index (χ1) is 6.56. The van der Waals surface area contributed by atoms with E-state index in [4.69, 9.17) is 17.0 Å². The largest absolute Gasteiger partial charge is 0.377 e. The minimum atomic E-state index is 0.379. The van der Waals surface area contributed by atoms with Gasteiger partial charge in [0.2, 0.25) is 0 Å². The highest BCUT2D eigenvalue weighted by molar-refractivity contribution is 9.10. The lowest BCUT2D eigenvalue weighted by molar-refractivity contribution is 0.177. The third-order valence-corrected chi connectivity index (χ3v) is 3.16. The summed E-state index contributed by atoms with van der Waals surface area (Å²) >= 11 is 8.56. The Balaban J connectivity index is 3.21. The van der Waals surface area contributed by atoms with Crippen molar-refractivity contribution in [3.63, 3.8) is 0 Å². The average molecular weight is 277 g/mol. The molecule has 0 aliphatic rings. The van der Waals surface area contributed by atoms with Crippen molar-refractivity contribution < 1.29 is 4.74 Å². The van der Waals surface area contributed by atoms with Crippen LogP contribution >= 0.6 is 28.1 Å². The van der Waals surface area contributed by atoms with Crippen LogP contribution in [0.25, 0.3) is 0 Å². The highest BCUT2D eigenvalue weighted by Crippen LogP contribution is 2.23. The predicted molar refractivity (Wildman–Crippen MR) is 61.9 cm³/mol. The first-order valence-electron chi connectivity index (χ1n) is 4.33. The number of nitrogens with zero attached hydrogens (tertiary/aromatic N) is 1. The van der Waals surface area contributed by atoms with Gasteiger partial charge in [0.15, 0.2) is 0 Å². The topological polar surface area (TPSA) is 37.9 Å². The highest BCUT2D eigenvalue weighted by atomic mass is 79.9. The molecular formula is C9H13BrN2OS. The second-order valence-electron chi connectivity index (χ2n) is 3.30. The molecule has 78 valence electrons. The molecule has 1 N–H and O–H groups in total. The Kier molecular flexibility index (Phi) is 4.22. The maximum atomic E-state index is 5.13. The Labute approximate surface area is 97.0 Å². The standard InChI is InChI=1S/C9H13BrN2OS/c1-5(2)8-7(10)9(14)12-6(11-8)4-13-3/h5H,4H2,1-3H3,(H,11,12,14). The van der Waals surface area contributed by atoms with E-state index in [1.54, 1.807) is 7.11 Å². The van der Waals surface area contributed by atoms with Crippen molar-refractivity contribution in [1.29, 1.82) is 0 Å². The molecule has 1 aromatic rings. The maximum absolute atomic E-state index is 5.13. The summed E-state index contributed by atoms with van der Waals surface area (Å²) < 4.78 is 6.46. The molecule has 0 aliphatic carbocycles. The van der Waals surface area contributed by atoms with E-state index in [-0.39, 0.29) is 0 Å². The third-order valence-electron chi connectivity index (χ3n) is 1.80. The summed E-state index contributed by atoms with van der Waals surface area (Å²) in [6.07, 6.45) is 0. The normalized spacial score (nSPS) is 10.9. The summed E-state index contributed by atoms with van der Waals surface area (Å²) in [5.74, 6) is 1.15. The zero-order valence-corrected chi connectivity index (χ0v) is 10.8. The summed E-state index contributed by atoms with van der Waals surface area (Å²) in [4.78, 5) is 7.40. The number of aromatic amines is 1. The van der Waals surface area contributed by atoms with Gasteiger partial charge in [-0.05, 0) is 21.8 Å². The fraction of sp³-hybridized carbons (Fsp3) is 0.556. The van der Waals surface area contributed by atoms with E-state index < -0.39 is 0 Å². The summed E-state index contributed by atoms with van der Waals surface area (Å²) in [5.41, 5.74) is 1.07. The lowest BCUT2D eigenvalue weighted by Crippen LogP contribution is -2.04. The lowest BCUT2D eigenvalue weighted by atomic mass is 10.1. The molecule has 0 amide bonds. The van der Waals surface area contributed by atoms with Crippen LogP contribution in [0.2, 0.25) is 0 Å². The van der Waals surface area contributed by atoms with E-state index >= 15 is 0 Å². The number of aromatic nitrogens is 2. The molecule has 0 fully saturated rings. The van der Waals surface area contributed by atoms with Crippen LogP contribution in [0.3, 0.4) is 0 Å². The van der Waals surface area contributed by atoms with Crippen LogP contribution < -0.4 is 0 Å². The van der Waals surface area contributed by atoms with Crippen LogP contribution in [0.1, 0.15) is 31.3 Å². The number of nitrogens with one attached hydrogen (secondary N) is 1. The van der Waals surface area contributed by atoms with Gasteiger partial charge in [-0.15, -0.1) is 0 Å². The van der Waals surface area contributed by atoms with Crippen LogP contribution in [-0.4, -0.2) is 17.1 Å². The average Bonchev–Trinajstić information content (AvgIpc) is 2.11. The summed E-state index contributed by atoms with van der Waals surface area (Å²) in [5, 5.41) is 0. The van der Waals surface area contributed by atoms with Crippen LogP contribution in [0, 0.1) is 4.64 Å². The summed E-state index contributed by atoms with van der Waals surface area (Å²) in [6.45, 7) is 4.65. The fourth-order valence-electron chi connectivity index (χ4n) is 1.13. The number of methoxy groups -OCH3 is 1. The molecule has 3 nitrogen and oxygen atoms in total. The minimum Gasteiger partial charge on any atom is -0.377 e. The van der Waals surface area contributed by atoms with Gasteiger partial charge in [-0.3, -0.25) is 0 Å². The maximum Gasteiger partial charge on any atom is 0.144 e. The van der Waals surface area contributed by atoms with Crippen LogP contribution in [0.4, 0.5) is 0 Å². The van der Waals surface area contributed by atoms with Gasteiger partial charge in [0.05, 0.1) is 4.47 Å². The molecule has 0 saturated carbocycles. The van der Waals surface area contributed by atoms with E-state index in [2.05, 4.69) is 39.7 Å². The van der Waals surface area contributed by atoms with E-state index in [0.717, 1.165) is 16.0 Å².